The number of pyridine rings is 1. The maximum atomic E-state index is 6.17. The van der Waals surface area contributed by atoms with E-state index in [1.165, 1.54) is 5.57 Å². The lowest BCUT2D eigenvalue weighted by atomic mass is 9.97. The fourth-order valence-corrected chi connectivity index (χ4v) is 4.34. The van der Waals surface area contributed by atoms with Crippen LogP contribution in [0.15, 0.2) is 61.1 Å². The molecule has 32 heavy (non-hydrogen) atoms. The van der Waals surface area contributed by atoms with E-state index >= 15 is 0 Å². The van der Waals surface area contributed by atoms with Gasteiger partial charge < -0.3 is 14.4 Å². The summed E-state index contributed by atoms with van der Waals surface area (Å²) >= 11 is 0. The Balaban J connectivity index is 1.28. The maximum absolute atomic E-state index is 6.17. The van der Waals surface area contributed by atoms with Crippen molar-refractivity contribution in [2.75, 3.05) is 44.7 Å². The first-order valence-electron chi connectivity index (χ1n) is 11.0. The van der Waals surface area contributed by atoms with Gasteiger partial charge in [0.1, 0.15) is 11.5 Å². The summed E-state index contributed by atoms with van der Waals surface area (Å²) in [6, 6.07) is 11.8. The SMILES string of the molecule is COc1cccc2c1CC(=CCCN1CCN(c3ncccn3)CC1)c1cccnc1O2. The van der Waals surface area contributed by atoms with Crippen LogP contribution in [-0.2, 0) is 6.42 Å². The smallest absolute Gasteiger partial charge is 0.226 e. The van der Waals surface area contributed by atoms with E-state index in [0.717, 1.165) is 74.1 Å². The van der Waals surface area contributed by atoms with Crippen molar-refractivity contribution in [1.82, 2.24) is 19.9 Å². The third kappa shape index (κ3) is 4.29. The van der Waals surface area contributed by atoms with Gasteiger partial charge in [-0.2, -0.15) is 0 Å². The summed E-state index contributed by atoms with van der Waals surface area (Å²) in [5, 5.41) is 0. The van der Waals surface area contributed by atoms with Crippen molar-refractivity contribution < 1.29 is 9.47 Å². The molecule has 0 radical (unpaired) electrons. The third-order valence-corrected chi connectivity index (χ3v) is 6.04. The highest BCUT2D eigenvalue weighted by atomic mass is 16.5. The molecule has 0 aliphatic carbocycles. The van der Waals surface area contributed by atoms with Gasteiger partial charge in [0.05, 0.1) is 7.11 Å². The van der Waals surface area contributed by atoms with Crippen LogP contribution in [0.25, 0.3) is 5.57 Å². The fourth-order valence-electron chi connectivity index (χ4n) is 4.34. The van der Waals surface area contributed by atoms with E-state index in [4.69, 9.17) is 9.47 Å². The van der Waals surface area contributed by atoms with Gasteiger partial charge in [0.2, 0.25) is 11.8 Å². The Bertz CT molecular complexity index is 1090. The highest BCUT2D eigenvalue weighted by Crippen LogP contribution is 2.41. The molecule has 7 heteroatoms. The van der Waals surface area contributed by atoms with E-state index in [2.05, 4.69) is 36.9 Å². The molecule has 164 valence electrons. The van der Waals surface area contributed by atoms with Gasteiger partial charge in [-0.05, 0) is 42.3 Å². The van der Waals surface area contributed by atoms with Gasteiger partial charge in [-0.3, -0.25) is 4.90 Å². The van der Waals surface area contributed by atoms with Gasteiger partial charge in [0, 0.05) is 68.9 Å². The second-order valence-electron chi connectivity index (χ2n) is 7.97. The van der Waals surface area contributed by atoms with Gasteiger partial charge in [-0.1, -0.05) is 12.1 Å². The zero-order valence-electron chi connectivity index (χ0n) is 18.3. The van der Waals surface area contributed by atoms with E-state index in [0.29, 0.717) is 5.88 Å². The lowest BCUT2D eigenvalue weighted by Crippen LogP contribution is -2.47. The second kappa shape index (κ2) is 9.36. The Morgan fingerprint density at radius 3 is 2.59 bits per heavy atom. The lowest BCUT2D eigenvalue weighted by molar-refractivity contribution is 0.261. The van der Waals surface area contributed by atoms with Gasteiger partial charge >= 0.3 is 0 Å². The average molecular weight is 430 g/mol. The number of piperazine rings is 1. The van der Waals surface area contributed by atoms with Crippen LogP contribution < -0.4 is 14.4 Å². The molecule has 0 unspecified atom stereocenters. The second-order valence-corrected chi connectivity index (χ2v) is 7.97. The van der Waals surface area contributed by atoms with E-state index < -0.39 is 0 Å². The maximum Gasteiger partial charge on any atom is 0.226 e. The highest BCUT2D eigenvalue weighted by molar-refractivity contribution is 5.74. The molecular formula is C25H27N5O2. The molecule has 2 aliphatic heterocycles. The number of rotatable bonds is 5. The standard InChI is InChI=1S/C25H27N5O2/c1-31-22-8-2-9-23-21(22)18-19(20-7-3-10-26-24(20)32-23)6-4-13-29-14-16-30(17-15-29)25-27-11-5-12-28-25/h2-3,5-12H,4,13-18H2,1H3. The summed E-state index contributed by atoms with van der Waals surface area (Å²) in [6.45, 7) is 4.94. The zero-order valence-corrected chi connectivity index (χ0v) is 18.3. The summed E-state index contributed by atoms with van der Waals surface area (Å²) in [6.07, 6.45) is 9.44. The molecule has 2 aliphatic rings. The van der Waals surface area contributed by atoms with Crippen molar-refractivity contribution in [2.24, 2.45) is 0 Å². The molecule has 1 aromatic carbocycles. The number of benzene rings is 1. The number of methoxy groups -OCH3 is 1. The summed E-state index contributed by atoms with van der Waals surface area (Å²) in [4.78, 5) is 18.0. The number of fused-ring (bicyclic) bond motifs is 2. The Morgan fingerprint density at radius 1 is 0.969 bits per heavy atom. The molecule has 5 rings (SSSR count). The third-order valence-electron chi connectivity index (χ3n) is 6.04. The largest absolute Gasteiger partial charge is 0.496 e. The van der Waals surface area contributed by atoms with Gasteiger partial charge in [-0.15, -0.1) is 0 Å². The Kier molecular flexibility index (Phi) is 5.98. The fraction of sp³-hybridized carbons (Fsp3) is 0.320. The molecule has 1 saturated heterocycles. The van der Waals surface area contributed by atoms with Gasteiger partial charge in [0.25, 0.3) is 0 Å². The molecule has 1 fully saturated rings. The molecule has 0 spiro atoms. The van der Waals surface area contributed by atoms with E-state index in [1.807, 2.05) is 30.3 Å². The van der Waals surface area contributed by atoms with Gasteiger partial charge in [-0.25, -0.2) is 15.0 Å². The van der Waals surface area contributed by atoms with Crippen molar-refractivity contribution in [3.8, 4) is 17.4 Å². The molecule has 3 aromatic rings. The Hall–Kier alpha value is -3.45. The van der Waals surface area contributed by atoms with E-state index in [-0.39, 0.29) is 0 Å². The van der Waals surface area contributed by atoms with Crippen LogP contribution in [0.2, 0.25) is 0 Å². The molecule has 0 N–H and O–H groups in total. The van der Waals surface area contributed by atoms with Crippen LogP contribution in [-0.4, -0.2) is 59.7 Å². The van der Waals surface area contributed by atoms with Crippen LogP contribution in [0.5, 0.6) is 17.4 Å². The molecule has 2 aromatic heterocycles. The minimum atomic E-state index is 0.655. The average Bonchev–Trinajstić information content (AvgIpc) is 3.01. The Labute approximate surface area is 188 Å². The number of aromatic nitrogens is 3. The molecule has 7 nitrogen and oxygen atoms in total. The predicted molar refractivity (Wildman–Crippen MR) is 124 cm³/mol. The molecule has 0 saturated carbocycles. The van der Waals surface area contributed by atoms with Crippen LogP contribution in [0.4, 0.5) is 5.95 Å². The van der Waals surface area contributed by atoms with Crippen molar-refractivity contribution in [3.63, 3.8) is 0 Å². The van der Waals surface area contributed by atoms with Crippen LogP contribution in [0.3, 0.4) is 0 Å². The molecular weight excluding hydrogens is 402 g/mol. The Morgan fingerprint density at radius 2 is 1.78 bits per heavy atom. The summed E-state index contributed by atoms with van der Waals surface area (Å²) < 4.78 is 11.8. The highest BCUT2D eigenvalue weighted by Gasteiger charge is 2.22. The lowest BCUT2D eigenvalue weighted by Gasteiger charge is -2.34. The molecule has 0 bridgehead atoms. The summed E-state index contributed by atoms with van der Waals surface area (Å²) in [5.74, 6) is 3.14. The molecule has 4 heterocycles. The van der Waals surface area contributed by atoms with E-state index in [9.17, 15) is 0 Å². The first-order chi connectivity index (χ1) is 15.8. The molecule has 0 atom stereocenters. The topological polar surface area (TPSA) is 63.6 Å². The predicted octanol–water partition coefficient (Wildman–Crippen LogP) is 3.82. The number of hydrogen-bond donors (Lipinski definition) is 0. The summed E-state index contributed by atoms with van der Waals surface area (Å²) in [5.41, 5.74) is 3.35. The number of allylic oxidation sites excluding steroid dienone is 1. The molecule has 0 amide bonds. The first-order valence-corrected chi connectivity index (χ1v) is 11.0. The van der Waals surface area contributed by atoms with Crippen molar-refractivity contribution in [1.29, 1.82) is 0 Å². The van der Waals surface area contributed by atoms with Crippen LogP contribution in [0.1, 0.15) is 17.5 Å². The first kappa shape index (κ1) is 20.5. The number of nitrogens with zero attached hydrogens (tertiary/aromatic N) is 5. The quantitative estimate of drug-likeness (QED) is 0.611. The van der Waals surface area contributed by atoms with Crippen molar-refractivity contribution in [3.05, 3.63) is 72.2 Å². The normalized spacial score (nSPS) is 17.3. The van der Waals surface area contributed by atoms with Crippen molar-refractivity contribution >= 4 is 11.5 Å². The monoisotopic (exact) mass is 429 g/mol. The van der Waals surface area contributed by atoms with Crippen LogP contribution in [0, 0.1) is 0 Å². The van der Waals surface area contributed by atoms with E-state index in [1.54, 1.807) is 25.7 Å². The minimum Gasteiger partial charge on any atom is -0.496 e. The van der Waals surface area contributed by atoms with Crippen molar-refractivity contribution in [2.45, 2.75) is 12.8 Å². The number of hydrogen-bond acceptors (Lipinski definition) is 7. The van der Waals surface area contributed by atoms with Crippen LogP contribution >= 0.6 is 0 Å². The minimum absolute atomic E-state index is 0.655. The number of ether oxygens (including phenoxy) is 2. The summed E-state index contributed by atoms with van der Waals surface area (Å²) in [7, 11) is 1.70. The zero-order chi connectivity index (χ0) is 21.8. The number of anilines is 1. The van der Waals surface area contributed by atoms with Gasteiger partial charge in [0.15, 0.2) is 0 Å².